The van der Waals surface area contributed by atoms with E-state index >= 15 is 0 Å². The molecule has 9 heteroatoms. The van der Waals surface area contributed by atoms with Gasteiger partial charge >= 0.3 is 0 Å². The summed E-state index contributed by atoms with van der Waals surface area (Å²) in [5, 5.41) is 12.0. The number of hydrogen-bond acceptors (Lipinski definition) is 6. The molecule has 0 aliphatic carbocycles. The van der Waals surface area contributed by atoms with Crippen molar-refractivity contribution in [1.82, 2.24) is 20.2 Å². The Morgan fingerprint density at radius 2 is 1.81 bits per heavy atom. The molecule has 1 atom stereocenters. The first-order valence-electron chi connectivity index (χ1n) is 7.76. The minimum Gasteiger partial charge on any atom is -0.274 e. The van der Waals surface area contributed by atoms with Crippen molar-refractivity contribution in [3.05, 3.63) is 59.6 Å². The van der Waals surface area contributed by atoms with Crippen LogP contribution in [0.2, 0.25) is 5.02 Å². The van der Waals surface area contributed by atoms with Gasteiger partial charge in [-0.05, 0) is 40.8 Å². The standard InChI is InChI=1S/C17H12ClN5O2S/c18-11-5-4-8-13(9-11)22-15(24)10-14(16(22)25)26-17-19-20-21-23(17)12-6-2-1-3-7-12/h1-9,14H,10H2/t14-/m1/s1. The lowest BCUT2D eigenvalue weighted by atomic mass is 10.3. The average Bonchev–Trinajstić information content (AvgIpc) is 3.20. The minimum atomic E-state index is -0.588. The molecule has 4 rings (SSSR count). The van der Waals surface area contributed by atoms with Gasteiger partial charge in [0.15, 0.2) is 0 Å². The van der Waals surface area contributed by atoms with Crippen LogP contribution in [0.15, 0.2) is 59.8 Å². The van der Waals surface area contributed by atoms with Crippen LogP contribution in [0.4, 0.5) is 5.69 Å². The zero-order valence-corrected chi connectivity index (χ0v) is 14.9. The van der Waals surface area contributed by atoms with Gasteiger partial charge < -0.3 is 0 Å². The smallest absolute Gasteiger partial charge is 0.247 e. The van der Waals surface area contributed by atoms with Gasteiger partial charge in [-0.1, -0.05) is 47.6 Å². The Kier molecular flexibility index (Phi) is 4.44. The van der Waals surface area contributed by atoms with Crippen LogP contribution in [0.1, 0.15) is 6.42 Å². The Morgan fingerprint density at radius 3 is 2.58 bits per heavy atom. The van der Waals surface area contributed by atoms with Crippen molar-refractivity contribution in [3.8, 4) is 5.69 Å². The topological polar surface area (TPSA) is 81.0 Å². The Hall–Kier alpha value is -2.71. The molecule has 1 fully saturated rings. The van der Waals surface area contributed by atoms with E-state index < -0.39 is 5.25 Å². The lowest BCUT2D eigenvalue weighted by molar-refractivity contribution is -0.121. The Balaban J connectivity index is 1.59. The van der Waals surface area contributed by atoms with Crippen molar-refractivity contribution < 1.29 is 9.59 Å². The van der Waals surface area contributed by atoms with Crippen molar-refractivity contribution in [1.29, 1.82) is 0 Å². The summed E-state index contributed by atoms with van der Waals surface area (Å²) >= 11 is 7.15. The number of hydrogen-bond donors (Lipinski definition) is 0. The summed E-state index contributed by atoms with van der Waals surface area (Å²) in [6.07, 6.45) is 0.0810. The normalized spacial score (nSPS) is 17.1. The van der Waals surface area contributed by atoms with Crippen LogP contribution in [-0.2, 0) is 9.59 Å². The fourth-order valence-corrected chi connectivity index (χ4v) is 3.89. The van der Waals surface area contributed by atoms with Crippen molar-refractivity contribution >= 4 is 40.9 Å². The molecule has 1 aliphatic rings. The Labute approximate surface area is 157 Å². The van der Waals surface area contributed by atoms with Crippen molar-refractivity contribution in [2.75, 3.05) is 4.90 Å². The number of benzene rings is 2. The van der Waals surface area contributed by atoms with Crippen molar-refractivity contribution in [3.63, 3.8) is 0 Å². The van der Waals surface area contributed by atoms with Gasteiger partial charge in [-0.2, -0.15) is 4.68 Å². The second-order valence-corrected chi connectivity index (χ2v) is 7.17. The molecule has 2 aromatic carbocycles. The van der Waals surface area contributed by atoms with E-state index in [-0.39, 0.29) is 18.2 Å². The van der Waals surface area contributed by atoms with Crippen LogP contribution < -0.4 is 4.90 Å². The van der Waals surface area contributed by atoms with E-state index in [1.54, 1.807) is 28.9 Å². The number of imide groups is 1. The molecule has 2 heterocycles. The number of para-hydroxylation sites is 1. The molecule has 1 aliphatic heterocycles. The maximum absolute atomic E-state index is 12.8. The third-order valence-corrected chi connectivity index (χ3v) is 5.21. The molecular formula is C17H12ClN5O2S. The molecule has 0 saturated carbocycles. The van der Waals surface area contributed by atoms with E-state index in [1.165, 1.54) is 16.7 Å². The summed E-state index contributed by atoms with van der Waals surface area (Å²) in [4.78, 5) is 26.3. The number of rotatable bonds is 4. The second kappa shape index (κ2) is 6.89. The highest BCUT2D eigenvalue weighted by Crippen LogP contribution is 2.34. The van der Waals surface area contributed by atoms with Crippen LogP contribution in [0.3, 0.4) is 0 Å². The maximum Gasteiger partial charge on any atom is 0.247 e. The molecule has 1 saturated heterocycles. The summed E-state index contributed by atoms with van der Waals surface area (Å²) < 4.78 is 1.55. The Bertz CT molecular complexity index is 978. The number of tetrazole rings is 1. The molecule has 0 spiro atoms. The van der Waals surface area contributed by atoms with Gasteiger partial charge in [0.2, 0.25) is 17.0 Å². The predicted octanol–water partition coefficient (Wildman–Crippen LogP) is 2.74. The number of nitrogens with zero attached hydrogens (tertiary/aromatic N) is 5. The zero-order valence-electron chi connectivity index (χ0n) is 13.3. The number of thioether (sulfide) groups is 1. The SMILES string of the molecule is O=C1C[C@@H](Sc2nnnn2-c2ccccc2)C(=O)N1c1cccc(Cl)c1. The fourth-order valence-electron chi connectivity index (χ4n) is 2.69. The number of halogens is 1. The molecule has 3 aromatic rings. The van der Waals surface area contributed by atoms with Crippen molar-refractivity contribution in [2.45, 2.75) is 16.8 Å². The monoisotopic (exact) mass is 385 g/mol. The molecule has 0 N–H and O–H groups in total. The molecule has 1 aromatic heterocycles. The van der Waals surface area contributed by atoms with Crippen LogP contribution in [0, 0.1) is 0 Å². The third kappa shape index (κ3) is 3.09. The molecule has 0 radical (unpaired) electrons. The molecule has 0 unspecified atom stereocenters. The molecule has 130 valence electrons. The fraction of sp³-hybridized carbons (Fsp3) is 0.118. The van der Waals surface area contributed by atoms with Crippen molar-refractivity contribution in [2.24, 2.45) is 0 Å². The first-order chi connectivity index (χ1) is 12.6. The molecule has 0 bridgehead atoms. The highest BCUT2D eigenvalue weighted by atomic mass is 35.5. The van der Waals surface area contributed by atoms with Crippen LogP contribution in [0.25, 0.3) is 5.69 Å². The highest BCUT2D eigenvalue weighted by Gasteiger charge is 2.41. The molecule has 26 heavy (non-hydrogen) atoms. The van der Waals surface area contributed by atoms with Gasteiger partial charge in [0.05, 0.1) is 11.4 Å². The van der Waals surface area contributed by atoms with Crippen LogP contribution in [-0.4, -0.2) is 37.3 Å². The van der Waals surface area contributed by atoms with Crippen LogP contribution in [0.5, 0.6) is 0 Å². The van der Waals surface area contributed by atoms with E-state index in [9.17, 15) is 9.59 Å². The third-order valence-electron chi connectivity index (χ3n) is 3.86. The van der Waals surface area contributed by atoms with Gasteiger partial charge in [0, 0.05) is 11.4 Å². The average molecular weight is 386 g/mol. The first-order valence-corrected chi connectivity index (χ1v) is 9.02. The zero-order chi connectivity index (χ0) is 18.1. The van der Waals surface area contributed by atoms with E-state index in [2.05, 4.69) is 15.5 Å². The number of aromatic nitrogens is 4. The molecule has 2 amide bonds. The number of amides is 2. The Morgan fingerprint density at radius 1 is 1.04 bits per heavy atom. The predicted molar refractivity (Wildman–Crippen MR) is 97.4 cm³/mol. The lowest BCUT2D eigenvalue weighted by Gasteiger charge is -2.15. The van der Waals surface area contributed by atoms with Crippen LogP contribution >= 0.6 is 23.4 Å². The maximum atomic E-state index is 12.8. The van der Waals surface area contributed by atoms with Gasteiger partial charge in [0.25, 0.3) is 0 Å². The lowest BCUT2D eigenvalue weighted by Crippen LogP contribution is -2.31. The second-order valence-electron chi connectivity index (χ2n) is 5.57. The number of carbonyl (C=O) groups is 2. The van der Waals surface area contributed by atoms with E-state index in [0.29, 0.717) is 15.9 Å². The summed E-state index contributed by atoms with van der Waals surface area (Å²) in [6.45, 7) is 0. The van der Waals surface area contributed by atoms with E-state index in [4.69, 9.17) is 11.6 Å². The number of carbonyl (C=O) groups excluding carboxylic acids is 2. The summed E-state index contributed by atoms with van der Waals surface area (Å²) in [5.74, 6) is -0.571. The highest BCUT2D eigenvalue weighted by molar-refractivity contribution is 8.00. The van der Waals surface area contributed by atoms with E-state index in [1.807, 2.05) is 30.3 Å². The molecule has 7 nitrogen and oxygen atoms in total. The quantitative estimate of drug-likeness (QED) is 0.642. The van der Waals surface area contributed by atoms with E-state index in [0.717, 1.165) is 5.69 Å². The summed E-state index contributed by atoms with van der Waals surface area (Å²) in [6, 6.07) is 16.0. The number of anilines is 1. The largest absolute Gasteiger partial charge is 0.274 e. The van der Waals surface area contributed by atoms with Gasteiger partial charge in [-0.25, -0.2) is 4.90 Å². The first kappa shape index (κ1) is 16.7. The van der Waals surface area contributed by atoms with Gasteiger partial charge in [0.1, 0.15) is 5.25 Å². The minimum absolute atomic E-state index is 0.0810. The summed E-state index contributed by atoms with van der Waals surface area (Å²) in [5.41, 5.74) is 1.25. The van der Waals surface area contributed by atoms with Gasteiger partial charge in [-0.3, -0.25) is 9.59 Å². The molecular weight excluding hydrogens is 374 g/mol. The van der Waals surface area contributed by atoms with Gasteiger partial charge in [-0.15, -0.1) is 5.10 Å². The summed E-state index contributed by atoms with van der Waals surface area (Å²) in [7, 11) is 0.